The zero-order valence-electron chi connectivity index (χ0n) is 11.0. The predicted octanol–water partition coefficient (Wildman–Crippen LogP) is 3.48. The lowest BCUT2D eigenvalue weighted by molar-refractivity contribution is 0.194. The van der Waals surface area contributed by atoms with E-state index in [2.05, 4.69) is 9.97 Å². The van der Waals surface area contributed by atoms with Crippen molar-refractivity contribution in [3.63, 3.8) is 0 Å². The Bertz CT molecular complexity index is 741. The van der Waals surface area contributed by atoms with Gasteiger partial charge in [0.05, 0.1) is 17.8 Å². The summed E-state index contributed by atoms with van der Waals surface area (Å²) in [5.41, 5.74) is 1.57. The summed E-state index contributed by atoms with van der Waals surface area (Å²) in [5, 5.41) is 10.7. The smallest absolute Gasteiger partial charge is 0.225 e. The minimum absolute atomic E-state index is 0.402. The maximum atomic E-state index is 9.72. The van der Waals surface area contributed by atoms with Crippen molar-refractivity contribution in [3.8, 4) is 11.6 Å². The average Bonchev–Trinajstić information content (AvgIpc) is 2.47. The Morgan fingerprint density at radius 1 is 1.10 bits per heavy atom. The van der Waals surface area contributed by atoms with Crippen molar-refractivity contribution in [1.29, 1.82) is 0 Å². The van der Waals surface area contributed by atoms with Crippen LogP contribution >= 0.6 is 0 Å². The molecule has 0 unspecified atom stereocenters. The largest absolute Gasteiger partial charge is 0.437 e. The van der Waals surface area contributed by atoms with Gasteiger partial charge in [-0.3, -0.25) is 4.98 Å². The van der Waals surface area contributed by atoms with Crippen molar-refractivity contribution in [2.75, 3.05) is 0 Å². The van der Waals surface area contributed by atoms with Crippen LogP contribution in [-0.2, 0) is 0 Å². The molecule has 1 N–H and O–H groups in total. The number of nitrogens with zero attached hydrogens (tertiary/aromatic N) is 2. The number of benzene rings is 1. The number of aliphatic hydroxyl groups excluding tert-OH is 1. The SMILES string of the molecule is C[C@H](O)c1cccnc1Oc1cnc2ccccc2c1. The lowest BCUT2D eigenvalue weighted by atomic mass is 10.2. The number of rotatable bonds is 3. The van der Waals surface area contributed by atoms with Gasteiger partial charge in [0.2, 0.25) is 5.88 Å². The molecule has 1 atom stereocenters. The second kappa shape index (κ2) is 5.27. The molecule has 1 aromatic carbocycles. The number of aromatic nitrogens is 2. The minimum atomic E-state index is -0.632. The van der Waals surface area contributed by atoms with Crippen molar-refractivity contribution in [2.45, 2.75) is 13.0 Å². The monoisotopic (exact) mass is 266 g/mol. The van der Waals surface area contributed by atoms with E-state index in [-0.39, 0.29) is 0 Å². The topological polar surface area (TPSA) is 55.2 Å². The maximum absolute atomic E-state index is 9.72. The Labute approximate surface area is 116 Å². The van der Waals surface area contributed by atoms with Crippen LogP contribution in [0.5, 0.6) is 11.6 Å². The summed E-state index contributed by atoms with van der Waals surface area (Å²) in [4.78, 5) is 8.50. The average molecular weight is 266 g/mol. The summed E-state index contributed by atoms with van der Waals surface area (Å²) in [7, 11) is 0. The second-order valence-corrected chi connectivity index (χ2v) is 4.54. The molecule has 3 rings (SSSR count). The quantitative estimate of drug-likeness (QED) is 0.788. The Morgan fingerprint density at radius 3 is 2.80 bits per heavy atom. The molecule has 2 heterocycles. The first-order chi connectivity index (χ1) is 9.74. The number of para-hydroxylation sites is 1. The van der Waals surface area contributed by atoms with Crippen LogP contribution in [0, 0.1) is 0 Å². The maximum Gasteiger partial charge on any atom is 0.225 e. The van der Waals surface area contributed by atoms with Gasteiger partial charge in [-0.05, 0) is 31.2 Å². The fourth-order valence-corrected chi connectivity index (χ4v) is 2.02. The number of aliphatic hydroxyl groups is 1. The van der Waals surface area contributed by atoms with Crippen LogP contribution in [-0.4, -0.2) is 15.1 Å². The Balaban J connectivity index is 1.97. The molecule has 2 aromatic heterocycles. The molecule has 0 aliphatic rings. The van der Waals surface area contributed by atoms with E-state index in [4.69, 9.17) is 4.74 Å². The molecule has 0 bridgehead atoms. The zero-order valence-corrected chi connectivity index (χ0v) is 11.0. The van der Waals surface area contributed by atoms with Gasteiger partial charge in [-0.25, -0.2) is 4.98 Å². The minimum Gasteiger partial charge on any atom is -0.437 e. The van der Waals surface area contributed by atoms with Gasteiger partial charge in [-0.2, -0.15) is 0 Å². The van der Waals surface area contributed by atoms with Gasteiger partial charge < -0.3 is 9.84 Å². The van der Waals surface area contributed by atoms with E-state index in [0.29, 0.717) is 17.2 Å². The summed E-state index contributed by atoms with van der Waals surface area (Å²) in [6.45, 7) is 1.68. The van der Waals surface area contributed by atoms with E-state index in [0.717, 1.165) is 10.9 Å². The van der Waals surface area contributed by atoms with Crippen molar-refractivity contribution in [2.24, 2.45) is 0 Å². The van der Waals surface area contributed by atoms with Crippen molar-refractivity contribution in [3.05, 3.63) is 60.4 Å². The lowest BCUT2D eigenvalue weighted by Gasteiger charge is -2.11. The third-order valence-electron chi connectivity index (χ3n) is 3.03. The molecule has 0 amide bonds. The first-order valence-corrected chi connectivity index (χ1v) is 6.39. The van der Waals surface area contributed by atoms with E-state index in [1.165, 1.54) is 0 Å². The van der Waals surface area contributed by atoms with Crippen molar-refractivity contribution < 1.29 is 9.84 Å². The van der Waals surface area contributed by atoms with Gasteiger partial charge >= 0.3 is 0 Å². The highest BCUT2D eigenvalue weighted by atomic mass is 16.5. The zero-order chi connectivity index (χ0) is 13.9. The van der Waals surface area contributed by atoms with E-state index in [1.807, 2.05) is 30.3 Å². The van der Waals surface area contributed by atoms with Crippen LogP contribution in [0.2, 0.25) is 0 Å². The molecule has 0 saturated carbocycles. The van der Waals surface area contributed by atoms with Gasteiger partial charge in [0.25, 0.3) is 0 Å². The highest BCUT2D eigenvalue weighted by Crippen LogP contribution is 2.28. The first kappa shape index (κ1) is 12.6. The van der Waals surface area contributed by atoms with Crippen molar-refractivity contribution in [1.82, 2.24) is 9.97 Å². The van der Waals surface area contributed by atoms with Crippen LogP contribution < -0.4 is 4.74 Å². The Hall–Kier alpha value is -2.46. The fraction of sp³-hybridized carbons (Fsp3) is 0.125. The number of hydrogen-bond donors (Lipinski definition) is 1. The summed E-state index contributed by atoms with van der Waals surface area (Å²) >= 11 is 0. The van der Waals surface area contributed by atoms with Gasteiger partial charge in [0.15, 0.2) is 0 Å². The lowest BCUT2D eigenvalue weighted by Crippen LogP contribution is -1.98. The molecule has 100 valence electrons. The van der Waals surface area contributed by atoms with Crippen LogP contribution in [0.1, 0.15) is 18.6 Å². The highest BCUT2D eigenvalue weighted by Gasteiger charge is 2.11. The standard InChI is InChI=1S/C16H14N2O2/c1-11(19)14-6-4-8-17-16(14)20-13-9-12-5-2-3-7-15(12)18-10-13/h2-11,19H,1H3/t11-/m0/s1. The summed E-state index contributed by atoms with van der Waals surface area (Å²) < 4.78 is 5.75. The molecule has 4 heteroatoms. The van der Waals surface area contributed by atoms with Crippen LogP contribution in [0.4, 0.5) is 0 Å². The van der Waals surface area contributed by atoms with E-state index in [1.54, 1.807) is 31.5 Å². The fourth-order valence-electron chi connectivity index (χ4n) is 2.02. The number of hydrogen-bond acceptors (Lipinski definition) is 4. The first-order valence-electron chi connectivity index (χ1n) is 6.39. The molecule has 4 nitrogen and oxygen atoms in total. The van der Waals surface area contributed by atoms with E-state index in [9.17, 15) is 5.11 Å². The molecule has 0 spiro atoms. The van der Waals surface area contributed by atoms with Gasteiger partial charge in [0.1, 0.15) is 5.75 Å². The molecule has 20 heavy (non-hydrogen) atoms. The Kier molecular flexibility index (Phi) is 3.31. The molecular weight excluding hydrogens is 252 g/mol. The van der Waals surface area contributed by atoms with Gasteiger partial charge in [-0.1, -0.05) is 18.2 Å². The summed E-state index contributed by atoms with van der Waals surface area (Å²) in [6.07, 6.45) is 2.66. The summed E-state index contributed by atoms with van der Waals surface area (Å²) in [6, 6.07) is 13.3. The molecular formula is C16H14N2O2. The van der Waals surface area contributed by atoms with Gasteiger partial charge in [0, 0.05) is 17.1 Å². The molecule has 0 fully saturated rings. The van der Waals surface area contributed by atoms with E-state index < -0.39 is 6.10 Å². The molecule has 3 aromatic rings. The van der Waals surface area contributed by atoms with E-state index >= 15 is 0 Å². The predicted molar refractivity (Wildman–Crippen MR) is 76.7 cm³/mol. The van der Waals surface area contributed by atoms with Crippen LogP contribution in [0.3, 0.4) is 0 Å². The second-order valence-electron chi connectivity index (χ2n) is 4.54. The summed E-state index contributed by atoms with van der Waals surface area (Å²) in [5.74, 6) is 1.00. The normalized spacial score (nSPS) is 12.3. The molecule has 0 aliphatic carbocycles. The number of fused-ring (bicyclic) bond motifs is 1. The number of pyridine rings is 2. The van der Waals surface area contributed by atoms with Crippen molar-refractivity contribution >= 4 is 10.9 Å². The number of ether oxygens (including phenoxy) is 1. The van der Waals surface area contributed by atoms with Gasteiger partial charge in [-0.15, -0.1) is 0 Å². The third kappa shape index (κ3) is 2.46. The molecule has 0 radical (unpaired) electrons. The molecule has 0 saturated heterocycles. The molecule has 0 aliphatic heterocycles. The van der Waals surface area contributed by atoms with Crippen LogP contribution in [0.15, 0.2) is 54.9 Å². The third-order valence-corrected chi connectivity index (χ3v) is 3.03. The Morgan fingerprint density at radius 2 is 1.95 bits per heavy atom. The highest BCUT2D eigenvalue weighted by molar-refractivity contribution is 5.79. The van der Waals surface area contributed by atoms with Crippen LogP contribution in [0.25, 0.3) is 10.9 Å².